The number of hydrogen-bond acceptors (Lipinski definition) is 3. The molecule has 0 fully saturated rings. The average Bonchev–Trinajstić information content (AvgIpc) is 2.46. The minimum absolute atomic E-state index is 0.162. The van der Waals surface area contributed by atoms with E-state index in [9.17, 15) is 14.0 Å². The van der Waals surface area contributed by atoms with E-state index in [0.29, 0.717) is 11.3 Å². The maximum absolute atomic E-state index is 13.2. The predicted octanol–water partition coefficient (Wildman–Crippen LogP) is 2.69. The summed E-state index contributed by atoms with van der Waals surface area (Å²) in [6.45, 7) is 0. The fourth-order valence-electron chi connectivity index (χ4n) is 2.00. The van der Waals surface area contributed by atoms with Crippen LogP contribution >= 0.6 is 0 Å². The SMILES string of the molecule is COc1ccc(CC(=O)O)c(C(=O)c2cccc(F)c2)c1. The van der Waals surface area contributed by atoms with Crippen molar-refractivity contribution in [3.63, 3.8) is 0 Å². The third kappa shape index (κ3) is 3.45. The fraction of sp³-hybridized carbons (Fsp3) is 0.125. The van der Waals surface area contributed by atoms with Gasteiger partial charge in [-0.2, -0.15) is 0 Å². The Hall–Kier alpha value is -2.69. The van der Waals surface area contributed by atoms with Crippen molar-refractivity contribution >= 4 is 11.8 Å². The standard InChI is InChI=1S/C16H13FO4/c1-21-13-6-5-10(8-15(18)19)14(9-13)16(20)11-3-2-4-12(17)7-11/h2-7,9H,8H2,1H3,(H,18,19). The fourth-order valence-corrected chi connectivity index (χ4v) is 2.00. The number of rotatable bonds is 5. The molecular weight excluding hydrogens is 275 g/mol. The van der Waals surface area contributed by atoms with E-state index < -0.39 is 17.6 Å². The van der Waals surface area contributed by atoms with Gasteiger partial charge in [0.05, 0.1) is 13.5 Å². The summed E-state index contributed by atoms with van der Waals surface area (Å²) in [5.74, 6) is -1.58. The molecule has 1 N–H and O–H groups in total. The van der Waals surface area contributed by atoms with Crippen molar-refractivity contribution in [2.24, 2.45) is 0 Å². The van der Waals surface area contributed by atoms with Gasteiger partial charge in [0.1, 0.15) is 11.6 Å². The number of carbonyl (C=O) groups is 2. The lowest BCUT2D eigenvalue weighted by molar-refractivity contribution is -0.136. The molecule has 0 aliphatic carbocycles. The number of carboxylic acids is 1. The Morgan fingerprint density at radius 1 is 1.19 bits per heavy atom. The summed E-state index contributed by atoms with van der Waals surface area (Å²) in [7, 11) is 1.45. The molecule has 0 amide bonds. The molecule has 2 aromatic carbocycles. The lowest BCUT2D eigenvalue weighted by Crippen LogP contribution is -2.10. The molecule has 0 unspecified atom stereocenters. The van der Waals surface area contributed by atoms with Crippen molar-refractivity contribution in [3.05, 3.63) is 65.0 Å². The molecule has 0 radical (unpaired) electrons. The Balaban J connectivity index is 2.49. The highest BCUT2D eigenvalue weighted by atomic mass is 19.1. The van der Waals surface area contributed by atoms with E-state index >= 15 is 0 Å². The monoisotopic (exact) mass is 288 g/mol. The molecule has 0 saturated heterocycles. The number of ether oxygens (including phenoxy) is 1. The zero-order valence-corrected chi connectivity index (χ0v) is 11.3. The number of halogens is 1. The lowest BCUT2D eigenvalue weighted by Gasteiger charge is -2.09. The molecule has 108 valence electrons. The van der Waals surface area contributed by atoms with E-state index in [1.807, 2.05) is 0 Å². The molecule has 4 nitrogen and oxygen atoms in total. The maximum Gasteiger partial charge on any atom is 0.307 e. The second-order valence-electron chi connectivity index (χ2n) is 4.43. The van der Waals surface area contributed by atoms with Gasteiger partial charge in [0.25, 0.3) is 0 Å². The number of hydrogen-bond donors (Lipinski definition) is 1. The predicted molar refractivity (Wildman–Crippen MR) is 74.2 cm³/mol. The normalized spacial score (nSPS) is 10.2. The minimum Gasteiger partial charge on any atom is -0.497 e. The molecular formula is C16H13FO4. The van der Waals surface area contributed by atoms with Gasteiger partial charge in [-0.05, 0) is 29.8 Å². The Bertz CT molecular complexity index is 694. The minimum atomic E-state index is -1.05. The summed E-state index contributed by atoms with van der Waals surface area (Å²) in [4.78, 5) is 23.3. The van der Waals surface area contributed by atoms with Crippen LogP contribution in [-0.4, -0.2) is 24.0 Å². The Morgan fingerprint density at radius 2 is 1.95 bits per heavy atom. The van der Waals surface area contributed by atoms with Crippen molar-refractivity contribution in [1.82, 2.24) is 0 Å². The van der Waals surface area contributed by atoms with Gasteiger partial charge in [-0.15, -0.1) is 0 Å². The molecule has 0 aliphatic heterocycles. The van der Waals surface area contributed by atoms with Crippen molar-refractivity contribution in [2.75, 3.05) is 7.11 Å². The smallest absolute Gasteiger partial charge is 0.307 e. The summed E-state index contributed by atoms with van der Waals surface area (Å²) < 4.78 is 18.3. The first-order chi connectivity index (χ1) is 10.0. The van der Waals surface area contributed by atoms with Gasteiger partial charge in [-0.1, -0.05) is 18.2 Å². The van der Waals surface area contributed by atoms with Crippen molar-refractivity contribution in [2.45, 2.75) is 6.42 Å². The van der Waals surface area contributed by atoms with E-state index in [-0.39, 0.29) is 17.5 Å². The van der Waals surface area contributed by atoms with E-state index in [1.165, 1.54) is 37.4 Å². The van der Waals surface area contributed by atoms with Crippen LogP contribution in [0.4, 0.5) is 4.39 Å². The number of ketones is 1. The molecule has 2 aromatic rings. The Kier molecular flexibility index (Phi) is 4.33. The van der Waals surface area contributed by atoms with Crippen LogP contribution in [0.15, 0.2) is 42.5 Å². The quantitative estimate of drug-likeness (QED) is 0.859. The summed E-state index contributed by atoms with van der Waals surface area (Å²) in [5, 5.41) is 8.91. The van der Waals surface area contributed by atoms with Crippen LogP contribution in [-0.2, 0) is 11.2 Å². The molecule has 0 saturated carbocycles. The van der Waals surface area contributed by atoms with Gasteiger partial charge < -0.3 is 9.84 Å². The first kappa shape index (κ1) is 14.7. The maximum atomic E-state index is 13.2. The summed E-state index contributed by atoms with van der Waals surface area (Å²) in [5.41, 5.74) is 0.717. The van der Waals surface area contributed by atoms with E-state index in [0.717, 1.165) is 6.07 Å². The third-order valence-corrected chi connectivity index (χ3v) is 2.99. The molecule has 0 atom stereocenters. The highest BCUT2D eigenvalue weighted by Gasteiger charge is 2.17. The first-order valence-electron chi connectivity index (χ1n) is 6.20. The number of carboxylic acid groups (broad SMARTS) is 1. The van der Waals surface area contributed by atoms with Crippen LogP contribution in [0.5, 0.6) is 5.75 Å². The number of aliphatic carboxylic acids is 1. The van der Waals surface area contributed by atoms with Crippen LogP contribution in [0.2, 0.25) is 0 Å². The first-order valence-corrected chi connectivity index (χ1v) is 6.20. The number of methoxy groups -OCH3 is 1. The molecule has 5 heteroatoms. The molecule has 21 heavy (non-hydrogen) atoms. The van der Waals surface area contributed by atoms with Gasteiger partial charge in [-0.3, -0.25) is 9.59 Å². The zero-order chi connectivity index (χ0) is 15.4. The van der Waals surface area contributed by atoms with Crippen LogP contribution in [0, 0.1) is 5.82 Å². The van der Waals surface area contributed by atoms with E-state index in [4.69, 9.17) is 9.84 Å². The van der Waals surface area contributed by atoms with Gasteiger partial charge in [0, 0.05) is 11.1 Å². The second-order valence-corrected chi connectivity index (χ2v) is 4.43. The molecule has 0 heterocycles. The zero-order valence-electron chi connectivity index (χ0n) is 11.3. The van der Waals surface area contributed by atoms with Crippen molar-refractivity contribution in [1.29, 1.82) is 0 Å². The average molecular weight is 288 g/mol. The lowest BCUT2D eigenvalue weighted by atomic mass is 9.96. The van der Waals surface area contributed by atoms with Crippen molar-refractivity contribution < 1.29 is 23.8 Å². The second kappa shape index (κ2) is 6.17. The largest absolute Gasteiger partial charge is 0.497 e. The Labute approximate surface area is 120 Å². The molecule has 2 rings (SSSR count). The summed E-state index contributed by atoms with van der Waals surface area (Å²) >= 11 is 0. The number of carbonyl (C=O) groups excluding carboxylic acids is 1. The third-order valence-electron chi connectivity index (χ3n) is 2.99. The van der Waals surface area contributed by atoms with Crippen molar-refractivity contribution in [3.8, 4) is 5.75 Å². The number of benzene rings is 2. The van der Waals surface area contributed by atoms with Crippen LogP contribution in [0.25, 0.3) is 0 Å². The molecule has 0 aromatic heterocycles. The van der Waals surface area contributed by atoms with Gasteiger partial charge >= 0.3 is 5.97 Å². The van der Waals surface area contributed by atoms with Gasteiger partial charge in [0.2, 0.25) is 0 Å². The summed E-state index contributed by atoms with van der Waals surface area (Å²) in [6, 6.07) is 9.84. The molecule has 0 spiro atoms. The highest BCUT2D eigenvalue weighted by Crippen LogP contribution is 2.22. The van der Waals surface area contributed by atoms with Gasteiger partial charge in [0.15, 0.2) is 5.78 Å². The van der Waals surface area contributed by atoms with Crippen LogP contribution < -0.4 is 4.74 Å². The summed E-state index contributed by atoms with van der Waals surface area (Å²) in [6.07, 6.45) is -0.291. The molecule has 0 aliphatic rings. The Morgan fingerprint density at radius 3 is 2.57 bits per heavy atom. The van der Waals surface area contributed by atoms with Crippen LogP contribution in [0.1, 0.15) is 21.5 Å². The highest BCUT2D eigenvalue weighted by molar-refractivity contribution is 6.10. The molecule has 0 bridgehead atoms. The van der Waals surface area contributed by atoms with E-state index in [2.05, 4.69) is 0 Å². The van der Waals surface area contributed by atoms with Gasteiger partial charge in [-0.25, -0.2) is 4.39 Å². The van der Waals surface area contributed by atoms with E-state index in [1.54, 1.807) is 6.07 Å². The van der Waals surface area contributed by atoms with Crippen LogP contribution in [0.3, 0.4) is 0 Å². The topological polar surface area (TPSA) is 63.6 Å².